The van der Waals surface area contributed by atoms with E-state index in [4.69, 9.17) is 0 Å². The van der Waals surface area contributed by atoms with Crippen molar-refractivity contribution in [2.45, 2.75) is 6.54 Å². The molecule has 0 aliphatic carbocycles. The van der Waals surface area contributed by atoms with Crippen LogP contribution in [0.5, 0.6) is 0 Å². The highest BCUT2D eigenvalue weighted by atomic mass is 16.2. The highest BCUT2D eigenvalue weighted by molar-refractivity contribution is 5.94. The maximum atomic E-state index is 12.0. The van der Waals surface area contributed by atoms with E-state index in [1.165, 1.54) is 0 Å². The number of rotatable bonds is 3. The highest BCUT2D eigenvalue weighted by Crippen LogP contribution is 2.11. The summed E-state index contributed by atoms with van der Waals surface area (Å²) in [5.74, 6) is 0.0451. The fourth-order valence-electron chi connectivity index (χ4n) is 1.84. The summed E-state index contributed by atoms with van der Waals surface area (Å²) in [7, 11) is 0. The summed E-state index contributed by atoms with van der Waals surface area (Å²) in [5.41, 5.74) is 0.674. The number of hydrogen-bond donors (Lipinski definition) is 3. The Hall–Kier alpha value is -2.96. The minimum absolute atomic E-state index is 0.131. The van der Waals surface area contributed by atoms with Gasteiger partial charge in [-0.25, -0.2) is 14.9 Å². The normalized spacial score (nSPS) is 10.6. The zero-order valence-corrected chi connectivity index (χ0v) is 10.4. The van der Waals surface area contributed by atoms with E-state index in [0.717, 1.165) is 10.9 Å². The summed E-state index contributed by atoms with van der Waals surface area (Å²) in [6.45, 7) is 0.131. The molecule has 20 heavy (non-hydrogen) atoms. The molecule has 0 spiro atoms. The van der Waals surface area contributed by atoms with Gasteiger partial charge in [0.25, 0.3) is 5.91 Å². The third-order valence-corrected chi connectivity index (χ3v) is 2.80. The fraction of sp³-hybridized carbons (Fsp3) is 0.0769. The van der Waals surface area contributed by atoms with Gasteiger partial charge in [-0.1, -0.05) is 24.3 Å². The summed E-state index contributed by atoms with van der Waals surface area (Å²) >= 11 is 0. The van der Waals surface area contributed by atoms with Crippen molar-refractivity contribution in [2.75, 3.05) is 0 Å². The van der Waals surface area contributed by atoms with Crippen LogP contribution in [0.2, 0.25) is 0 Å². The predicted octanol–water partition coefficient (Wildman–Crippen LogP) is 0.576. The zero-order valence-electron chi connectivity index (χ0n) is 10.4. The first kappa shape index (κ1) is 12.1. The third kappa shape index (κ3) is 2.41. The Morgan fingerprint density at radius 3 is 2.85 bits per heavy atom. The van der Waals surface area contributed by atoms with Gasteiger partial charge >= 0.3 is 5.69 Å². The van der Waals surface area contributed by atoms with Gasteiger partial charge in [0.2, 0.25) is 0 Å². The van der Waals surface area contributed by atoms with Crippen LogP contribution < -0.4 is 11.0 Å². The average molecular weight is 269 g/mol. The first-order valence-electron chi connectivity index (χ1n) is 6.00. The molecule has 0 saturated heterocycles. The molecule has 100 valence electrons. The van der Waals surface area contributed by atoms with Gasteiger partial charge in [-0.05, 0) is 12.1 Å². The standard InChI is InChI=1S/C13H11N5O2/c19-12(14-7-11-16-13(20)18-17-11)10-6-5-8-3-1-2-4-9(8)15-10/h1-6H,7H2,(H,14,19)(H2,16,17,18,20). The minimum atomic E-state index is -0.405. The molecule has 3 N–H and O–H groups in total. The predicted molar refractivity (Wildman–Crippen MR) is 72.1 cm³/mol. The quantitative estimate of drug-likeness (QED) is 0.646. The molecule has 0 atom stereocenters. The second kappa shape index (κ2) is 4.96. The number of nitrogens with zero attached hydrogens (tertiary/aromatic N) is 2. The lowest BCUT2D eigenvalue weighted by Gasteiger charge is -2.03. The lowest BCUT2D eigenvalue weighted by molar-refractivity contribution is 0.0945. The minimum Gasteiger partial charge on any atom is -0.343 e. The van der Waals surface area contributed by atoms with E-state index in [1.54, 1.807) is 6.07 Å². The fourth-order valence-corrected chi connectivity index (χ4v) is 1.84. The number of nitrogens with one attached hydrogen (secondary N) is 3. The number of pyridine rings is 1. The summed E-state index contributed by atoms with van der Waals surface area (Å²) in [4.78, 5) is 29.6. The van der Waals surface area contributed by atoms with Crippen LogP contribution in [0, 0.1) is 0 Å². The molecule has 3 rings (SSSR count). The topological polar surface area (TPSA) is 104 Å². The van der Waals surface area contributed by atoms with Crippen molar-refractivity contribution in [2.24, 2.45) is 0 Å². The molecule has 2 heterocycles. The summed E-state index contributed by atoms with van der Waals surface area (Å²) in [5, 5.41) is 9.54. The van der Waals surface area contributed by atoms with E-state index in [2.05, 4.69) is 25.5 Å². The van der Waals surface area contributed by atoms with Crippen LogP contribution in [0.1, 0.15) is 16.3 Å². The number of hydrogen-bond acceptors (Lipinski definition) is 4. The second-order valence-electron chi connectivity index (χ2n) is 4.20. The number of aromatic nitrogens is 4. The highest BCUT2D eigenvalue weighted by Gasteiger charge is 2.08. The Kier molecular flexibility index (Phi) is 3.00. The molecule has 0 radical (unpaired) electrons. The summed E-state index contributed by atoms with van der Waals surface area (Å²) in [6.07, 6.45) is 0. The Morgan fingerprint density at radius 1 is 1.20 bits per heavy atom. The van der Waals surface area contributed by atoms with Gasteiger partial charge in [0.05, 0.1) is 12.1 Å². The lowest BCUT2D eigenvalue weighted by Crippen LogP contribution is -2.24. The number of para-hydroxylation sites is 1. The molecule has 0 unspecified atom stereocenters. The van der Waals surface area contributed by atoms with Gasteiger partial charge < -0.3 is 5.32 Å². The second-order valence-corrected chi connectivity index (χ2v) is 4.20. The van der Waals surface area contributed by atoms with E-state index in [0.29, 0.717) is 11.5 Å². The Bertz CT molecular complexity index is 820. The number of amides is 1. The third-order valence-electron chi connectivity index (χ3n) is 2.80. The number of fused-ring (bicyclic) bond motifs is 1. The van der Waals surface area contributed by atoms with Crippen molar-refractivity contribution < 1.29 is 4.79 Å². The Balaban J connectivity index is 1.76. The monoisotopic (exact) mass is 269 g/mol. The molecule has 3 aromatic rings. The van der Waals surface area contributed by atoms with Crippen LogP contribution in [-0.4, -0.2) is 26.1 Å². The maximum absolute atomic E-state index is 12.0. The molecule has 2 aromatic heterocycles. The van der Waals surface area contributed by atoms with Gasteiger partial charge in [-0.2, -0.15) is 5.10 Å². The van der Waals surface area contributed by atoms with Crippen molar-refractivity contribution >= 4 is 16.8 Å². The van der Waals surface area contributed by atoms with Crippen molar-refractivity contribution in [3.05, 3.63) is 58.4 Å². The molecule has 0 bridgehead atoms. The average Bonchev–Trinajstić information content (AvgIpc) is 2.90. The number of aromatic amines is 2. The SMILES string of the molecule is O=C(NCc1n[nH]c(=O)[nH]1)c1ccc2ccccc2n1. The Morgan fingerprint density at radius 2 is 2.05 bits per heavy atom. The van der Waals surface area contributed by atoms with Crippen molar-refractivity contribution in [1.82, 2.24) is 25.5 Å². The van der Waals surface area contributed by atoms with E-state index < -0.39 is 5.69 Å². The van der Waals surface area contributed by atoms with Crippen molar-refractivity contribution in [3.63, 3.8) is 0 Å². The lowest BCUT2D eigenvalue weighted by atomic mass is 10.2. The molecule has 0 aliphatic heterocycles. The van der Waals surface area contributed by atoms with E-state index in [9.17, 15) is 9.59 Å². The molecule has 7 nitrogen and oxygen atoms in total. The van der Waals surface area contributed by atoms with Gasteiger partial charge in [0.15, 0.2) is 0 Å². The van der Waals surface area contributed by atoms with Crippen LogP contribution in [0.4, 0.5) is 0 Å². The van der Waals surface area contributed by atoms with Gasteiger partial charge in [0.1, 0.15) is 11.5 Å². The zero-order chi connectivity index (χ0) is 13.9. The largest absolute Gasteiger partial charge is 0.343 e. The van der Waals surface area contributed by atoms with Crippen LogP contribution in [0.25, 0.3) is 10.9 Å². The molecule has 7 heteroatoms. The van der Waals surface area contributed by atoms with Crippen molar-refractivity contribution in [3.8, 4) is 0 Å². The van der Waals surface area contributed by atoms with Crippen LogP contribution in [-0.2, 0) is 6.54 Å². The molecule has 0 fully saturated rings. The molecular formula is C13H11N5O2. The molecule has 0 aliphatic rings. The molecule has 0 saturated carbocycles. The number of H-pyrrole nitrogens is 2. The molecular weight excluding hydrogens is 258 g/mol. The summed E-state index contributed by atoms with van der Waals surface area (Å²) < 4.78 is 0. The molecule has 1 aromatic carbocycles. The Labute approximate surface area is 113 Å². The maximum Gasteiger partial charge on any atom is 0.340 e. The van der Waals surface area contributed by atoms with Crippen LogP contribution in [0.15, 0.2) is 41.2 Å². The van der Waals surface area contributed by atoms with Crippen LogP contribution >= 0.6 is 0 Å². The van der Waals surface area contributed by atoms with E-state index in [-0.39, 0.29) is 12.5 Å². The number of carbonyl (C=O) groups excluding carboxylic acids is 1. The smallest absolute Gasteiger partial charge is 0.340 e. The number of benzene rings is 1. The summed E-state index contributed by atoms with van der Waals surface area (Å²) in [6, 6.07) is 11.1. The van der Waals surface area contributed by atoms with Gasteiger partial charge in [0, 0.05) is 5.39 Å². The first-order valence-corrected chi connectivity index (χ1v) is 6.00. The molecule has 1 amide bonds. The van der Waals surface area contributed by atoms with Gasteiger partial charge in [-0.15, -0.1) is 0 Å². The van der Waals surface area contributed by atoms with Gasteiger partial charge in [-0.3, -0.25) is 9.78 Å². The van der Waals surface area contributed by atoms with Crippen molar-refractivity contribution in [1.29, 1.82) is 0 Å². The first-order chi connectivity index (χ1) is 9.72. The van der Waals surface area contributed by atoms with Crippen LogP contribution in [0.3, 0.4) is 0 Å². The van der Waals surface area contributed by atoms with E-state index in [1.807, 2.05) is 30.3 Å². The van der Waals surface area contributed by atoms with E-state index >= 15 is 0 Å². The number of carbonyl (C=O) groups is 1.